The number of rotatable bonds is 8. The molecule has 0 saturated carbocycles. The SMILES string of the molecule is CC(NC(=O)Cc1ccccc1S(C)(=O)=O)c1ccc(OCC(=O)O)cc1. The maximum Gasteiger partial charge on any atom is 0.341 e. The summed E-state index contributed by atoms with van der Waals surface area (Å²) in [6.45, 7) is 1.37. The Morgan fingerprint density at radius 3 is 2.33 bits per heavy atom. The van der Waals surface area contributed by atoms with Gasteiger partial charge in [0, 0.05) is 6.26 Å². The summed E-state index contributed by atoms with van der Waals surface area (Å²) >= 11 is 0. The van der Waals surface area contributed by atoms with Crippen molar-refractivity contribution in [3.05, 3.63) is 59.7 Å². The highest BCUT2D eigenvalue weighted by Gasteiger charge is 2.16. The van der Waals surface area contributed by atoms with Gasteiger partial charge in [0.25, 0.3) is 0 Å². The molecule has 7 nitrogen and oxygen atoms in total. The van der Waals surface area contributed by atoms with Crippen LogP contribution < -0.4 is 10.1 Å². The van der Waals surface area contributed by atoms with E-state index >= 15 is 0 Å². The van der Waals surface area contributed by atoms with Crippen LogP contribution in [0.15, 0.2) is 53.4 Å². The largest absolute Gasteiger partial charge is 0.482 e. The number of benzene rings is 2. The summed E-state index contributed by atoms with van der Waals surface area (Å²) in [4.78, 5) is 23.0. The lowest BCUT2D eigenvalue weighted by atomic mass is 10.1. The van der Waals surface area contributed by atoms with Crippen LogP contribution in [0.25, 0.3) is 0 Å². The second-order valence-electron chi connectivity index (χ2n) is 6.10. The fraction of sp³-hybridized carbons (Fsp3) is 0.263. The lowest BCUT2D eigenvalue weighted by molar-refractivity contribution is -0.139. The molecular formula is C19H21NO6S. The van der Waals surface area contributed by atoms with Crippen molar-refractivity contribution in [1.29, 1.82) is 0 Å². The maximum absolute atomic E-state index is 12.3. The van der Waals surface area contributed by atoms with E-state index in [4.69, 9.17) is 9.84 Å². The van der Waals surface area contributed by atoms with Crippen molar-refractivity contribution in [2.75, 3.05) is 12.9 Å². The number of nitrogens with one attached hydrogen (secondary N) is 1. The molecule has 2 aromatic rings. The van der Waals surface area contributed by atoms with Gasteiger partial charge < -0.3 is 15.2 Å². The Morgan fingerprint density at radius 1 is 1.11 bits per heavy atom. The first kappa shape index (κ1) is 20.4. The van der Waals surface area contributed by atoms with Gasteiger partial charge >= 0.3 is 5.97 Å². The minimum Gasteiger partial charge on any atom is -0.482 e. The van der Waals surface area contributed by atoms with Gasteiger partial charge in [0.2, 0.25) is 5.91 Å². The van der Waals surface area contributed by atoms with E-state index in [0.717, 1.165) is 11.8 Å². The molecule has 2 aromatic carbocycles. The van der Waals surface area contributed by atoms with E-state index < -0.39 is 22.4 Å². The average molecular weight is 391 g/mol. The lowest BCUT2D eigenvalue weighted by Gasteiger charge is -2.16. The normalized spacial score (nSPS) is 12.2. The molecule has 0 bridgehead atoms. The molecule has 0 heterocycles. The first-order valence-corrected chi connectivity index (χ1v) is 10.1. The van der Waals surface area contributed by atoms with Crippen LogP contribution in [-0.4, -0.2) is 38.3 Å². The average Bonchev–Trinajstić information content (AvgIpc) is 2.59. The molecule has 1 unspecified atom stereocenters. The molecule has 0 fully saturated rings. The zero-order valence-corrected chi connectivity index (χ0v) is 15.8. The van der Waals surface area contributed by atoms with Crippen molar-refractivity contribution in [2.45, 2.75) is 24.3 Å². The Morgan fingerprint density at radius 2 is 1.74 bits per heavy atom. The van der Waals surface area contributed by atoms with E-state index in [1.165, 1.54) is 6.07 Å². The summed E-state index contributed by atoms with van der Waals surface area (Å²) in [6, 6.07) is 12.8. The van der Waals surface area contributed by atoms with Crippen molar-refractivity contribution >= 4 is 21.7 Å². The smallest absolute Gasteiger partial charge is 0.341 e. The van der Waals surface area contributed by atoms with Gasteiger partial charge in [-0.2, -0.15) is 0 Å². The molecule has 1 atom stereocenters. The summed E-state index contributed by atoms with van der Waals surface area (Å²) in [7, 11) is -3.41. The molecule has 0 aromatic heterocycles. The zero-order valence-electron chi connectivity index (χ0n) is 15.0. The van der Waals surface area contributed by atoms with E-state index in [9.17, 15) is 18.0 Å². The van der Waals surface area contributed by atoms with Gasteiger partial charge in [-0.25, -0.2) is 13.2 Å². The molecule has 2 rings (SSSR count). The van der Waals surface area contributed by atoms with Crippen molar-refractivity contribution in [1.82, 2.24) is 5.32 Å². The minimum atomic E-state index is -3.41. The Hall–Kier alpha value is -2.87. The summed E-state index contributed by atoms with van der Waals surface area (Å²) in [5, 5.41) is 11.4. The maximum atomic E-state index is 12.3. The fourth-order valence-corrected chi connectivity index (χ4v) is 3.50. The molecule has 2 N–H and O–H groups in total. The third-order valence-corrected chi connectivity index (χ3v) is 5.04. The van der Waals surface area contributed by atoms with E-state index in [0.29, 0.717) is 11.3 Å². The monoisotopic (exact) mass is 391 g/mol. The van der Waals surface area contributed by atoms with Gasteiger partial charge in [-0.3, -0.25) is 4.79 Å². The van der Waals surface area contributed by atoms with Gasteiger partial charge in [-0.15, -0.1) is 0 Å². The highest BCUT2D eigenvalue weighted by molar-refractivity contribution is 7.90. The second kappa shape index (κ2) is 8.68. The molecule has 1 amide bonds. The number of ether oxygens (including phenoxy) is 1. The second-order valence-corrected chi connectivity index (χ2v) is 8.08. The van der Waals surface area contributed by atoms with Gasteiger partial charge in [-0.1, -0.05) is 30.3 Å². The number of carbonyl (C=O) groups excluding carboxylic acids is 1. The van der Waals surface area contributed by atoms with Crippen molar-refractivity contribution < 1.29 is 27.9 Å². The number of hydrogen-bond donors (Lipinski definition) is 2. The predicted molar refractivity (Wildman–Crippen MR) is 99.4 cm³/mol. The third kappa shape index (κ3) is 6.10. The van der Waals surface area contributed by atoms with Gasteiger partial charge in [0.15, 0.2) is 16.4 Å². The summed E-state index contributed by atoms with van der Waals surface area (Å²) in [5.41, 5.74) is 1.25. The molecule has 0 saturated heterocycles. The number of carboxylic acid groups (broad SMARTS) is 1. The van der Waals surface area contributed by atoms with E-state index in [2.05, 4.69) is 5.32 Å². The fourth-order valence-electron chi connectivity index (χ4n) is 2.56. The number of sulfone groups is 1. The Kier molecular flexibility index (Phi) is 6.57. The molecule has 27 heavy (non-hydrogen) atoms. The molecular weight excluding hydrogens is 370 g/mol. The summed E-state index contributed by atoms with van der Waals surface area (Å²) in [6.07, 6.45) is 1.06. The van der Waals surface area contributed by atoms with Crippen LogP contribution in [0.2, 0.25) is 0 Å². The van der Waals surface area contributed by atoms with Crippen LogP contribution in [0.1, 0.15) is 24.1 Å². The number of carbonyl (C=O) groups is 2. The number of aliphatic carboxylic acids is 1. The lowest BCUT2D eigenvalue weighted by Crippen LogP contribution is -2.28. The molecule has 0 spiro atoms. The van der Waals surface area contributed by atoms with Gasteiger partial charge in [0.1, 0.15) is 5.75 Å². The van der Waals surface area contributed by atoms with Crippen molar-refractivity contribution in [3.8, 4) is 5.75 Å². The predicted octanol–water partition coefficient (Wildman–Crippen LogP) is 1.97. The quantitative estimate of drug-likeness (QED) is 0.712. The number of amides is 1. The topological polar surface area (TPSA) is 110 Å². The standard InChI is InChI=1S/C19H21NO6S/c1-13(14-7-9-16(10-8-14)26-12-19(22)23)20-18(21)11-15-5-3-4-6-17(15)27(2,24)25/h3-10,13H,11-12H2,1-2H3,(H,20,21)(H,22,23). The first-order chi connectivity index (χ1) is 12.7. The van der Waals surface area contributed by atoms with E-state index in [1.54, 1.807) is 49.4 Å². The van der Waals surface area contributed by atoms with Gasteiger partial charge in [0.05, 0.1) is 17.4 Å². The molecule has 0 aliphatic rings. The van der Waals surface area contributed by atoms with Crippen molar-refractivity contribution in [3.63, 3.8) is 0 Å². The number of carboxylic acids is 1. The van der Waals surface area contributed by atoms with E-state index in [-0.39, 0.29) is 23.3 Å². The van der Waals surface area contributed by atoms with Crippen LogP contribution in [-0.2, 0) is 25.8 Å². The van der Waals surface area contributed by atoms with Crippen LogP contribution >= 0.6 is 0 Å². The zero-order chi connectivity index (χ0) is 20.0. The molecule has 0 aliphatic carbocycles. The minimum absolute atomic E-state index is 0.0482. The molecule has 8 heteroatoms. The van der Waals surface area contributed by atoms with Crippen LogP contribution in [0.5, 0.6) is 5.75 Å². The molecule has 144 valence electrons. The van der Waals surface area contributed by atoms with E-state index in [1.807, 2.05) is 0 Å². The molecule has 0 aliphatic heterocycles. The summed E-state index contributed by atoms with van der Waals surface area (Å²) < 4.78 is 28.7. The Labute approximate surface area is 157 Å². The highest BCUT2D eigenvalue weighted by Crippen LogP contribution is 2.19. The Balaban J connectivity index is 2.01. The molecule has 0 radical (unpaired) electrons. The van der Waals surface area contributed by atoms with Crippen LogP contribution in [0.4, 0.5) is 0 Å². The summed E-state index contributed by atoms with van der Waals surface area (Å²) in [5.74, 6) is -0.944. The van der Waals surface area contributed by atoms with Gasteiger partial charge in [-0.05, 0) is 36.2 Å². The van der Waals surface area contributed by atoms with Crippen LogP contribution in [0, 0.1) is 0 Å². The highest BCUT2D eigenvalue weighted by atomic mass is 32.2. The van der Waals surface area contributed by atoms with Crippen LogP contribution in [0.3, 0.4) is 0 Å². The third-order valence-electron chi connectivity index (χ3n) is 3.84. The Bertz CT molecular complexity index is 921. The first-order valence-electron chi connectivity index (χ1n) is 8.18. The number of hydrogen-bond acceptors (Lipinski definition) is 5. The van der Waals surface area contributed by atoms with Crippen molar-refractivity contribution in [2.24, 2.45) is 0 Å².